The van der Waals surface area contributed by atoms with E-state index in [0.29, 0.717) is 18.0 Å². The highest BCUT2D eigenvalue weighted by atomic mass is 16.5. The van der Waals surface area contributed by atoms with E-state index in [9.17, 15) is 9.59 Å². The molecule has 0 aliphatic rings. The van der Waals surface area contributed by atoms with Crippen molar-refractivity contribution in [3.63, 3.8) is 0 Å². The third-order valence-corrected chi connectivity index (χ3v) is 2.17. The van der Waals surface area contributed by atoms with Crippen LogP contribution >= 0.6 is 0 Å². The Kier molecular flexibility index (Phi) is 5.81. The first kappa shape index (κ1) is 15.0. The first-order chi connectivity index (χ1) is 9.02. The second-order valence-corrected chi connectivity index (χ2v) is 3.87. The van der Waals surface area contributed by atoms with Gasteiger partial charge in [-0.1, -0.05) is 6.07 Å². The van der Waals surface area contributed by atoms with Gasteiger partial charge in [-0.3, -0.25) is 4.79 Å². The zero-order valence-electron chi connectivity index (χ0n) is 10.9. The van der Waals surface area contributed by atoms with Crippen LogP contribution in [0.15, 0.2) is 18.2 Å². The number of hydrogen-bond acceptors (Lipinski definition) is 4. The Bertz CT molecular complexity index is 458. The SMILES string of the molecule is CCOc1cc(C)ccc1NC(=O)COCC(=O)O. The van der Waals surface area contributed by atoms with E-state index in [1.54, 1.807) is 6.07 Å². The molecule has 19 heavy (non-hydrogen) atoms. The van der Waals surface area contributed by atoms with Gasteiger partial charge < -0.3 is 19.9 Å². The number of nitrogens with one attached hydrogen (secondary N) is 1. The van der Waals surface area contributed by atoms with E-state index in [1.807, 2.05) is 26.0 Å². The van der Waals surface area contributed by atoms with Gasteiger partial charge in [0.2, 0.25) is 5.91 Å². The molecule has 0 saturated carbocycles. The summed E-state index contributed by atoms with van der Waals surface area (Å²) in [6.45, 7) is 3.45. The van der Waals surface area contributed by atoms with Crippen LogP contribution in [-0.2, 0) is 14.3 Å². The van der Waals surface area contributed by atoms with Gasteiger partial charge in [0.25, 0.3) is 0 Å². The van der Waals surface area contributed by atoms with E-state index in [-0.39, 0.29) is 6.61 Å². The van der Waals surface area contributed by atoms with Crippen LogP contribution in [0.3, 0.4) is 0 Å². The van der Waals surface area contributed by atoms with Crippen LogP contribution in [-0.4, -0.2) is 36.8 Å². The summed E-state index contributed by atoms with van der Waals surface area (Å²) in [4.78, 5) is 21.8. The summed E-state index contributed by atoms with van der Waals surface area (Å²) in [5.41, 5.74) is 1.56. The minimum absolute atomic E-state index is 0.314. The molecule has 0 bridgehead atoms. The van der Waals surface area contributed by atoms with Crippen molar-refractivity contribution in [1.29, 1.82) is 0 Å². The highest BCUT2D eigenvalue weighted by Crippen LogP contribution is 2.25. The first-order valence-corrected chi connectivity index (χ1v) is 5.85. The molecule has 6 nitrogen and oxygen atoms in total. The van der Waals surface area contributed by atoms with Crippen molar-refractivity contribution in [2.45, 2.75) is 13.8 Å². The van der Waals surface area contributed by atoms with E-state index in [0.717, 1.165) is 5.56 Å². The Labute approximate surface area is 111 Å². The molecular formula is C13H17NO5. The van der Waals surface area contributed by atoms with Crippen LogP contribution in [0.4, 0.5) is 5.69 Å². The van der Waals surface area contributed by atoms with Gasteiger partial charge in [0.1, 0.15) is 19.0 Å². The van der Waals surface area contributed by atoms with E-state index in [4.69, 9.17) is 14.6 Å². The second kappa shape index (κ2) is 7.38. The second-order valence-electron chi connectivity index (χ2n) is 3.87. The van der Waals surface area contributed by atoms with Gasteiger partial charge in [0.15, 0.2) is 0 Å². The van der Waals surface area contributed by atoms with Crippen LogP contribution in [0.5, 0.6) is 5.75 Å². The zero-order valence-corrected chi connectivity index (χ0v) is 10.9. The van der Waals surface area contributed by atoms with E-state index < -0.39 is 18.5 Å². The summed E-state index contributed by atoms with van der Waals surface area (Å²) in [5.74, 6) is -0.960. The molecule has 1 aromatic carbocycles. The maximum Gasteiger partial charge on any atom is 0.329 e. The largest absolute Gasteiger partial charge is 0.492 e. The van der Waals surface area contributed by atoms with Crippen LogP contribution in [0.2, 0.25) is 0 Å². The maximum absolute atomic E-state index is 11.6. The number of aryl methyl sites for hydroxylation is 1. The lowest BCUT2D eigenvalue weighted by molar-refractivity contribution is -0.143. The molecule has 2 N–H and O–H groups in total. The highest BCUT2D eigenvalue weighted by molar-refractivity contribution is 5.93. The van der Waals surface area contributed by atoms with Crippen LogP contribution < -0.4 is 10.1 Å². The van der Waals surface area contributed by atoms with Gasteiger partial charge in [0.05, 0.1) is 12.3 Å². The molecule has 6 heteroatoms. The monoisotopic (exact) mass is 267 g/mol. The molecule has 1 amide bonds. The first-order valence-electron chi connectivity index (χ1n) is 5.85. The summed E-state index contributed by atoms with van der Waals surface area (Å²) in [7, 11) is 0. The molecule has 0 heterocycles. The molecule has 0 aromatic heterocycles. The zero-order chi connectivity index (χ0) is 14.3. The normalized spacial score (nSPS) is 10.0. The maximum atomic E-state index is 11.6. The summed E-state index contributed by atoms with van der Waals surface area (Å²) in [5, 5.41) is 11.0. The minimum Gasteiger partial charge on any atom is -0.492 e. The lowest BCUT2D eigenvalue weighted by atomic mass is 10.2. The number of carbonyl (C=O) groups excluding carboxylic acids is 1. The topological polar surface area (TPSA) is 84.9 Å². The van der Waals surface area contributed by atoms with Gasteiger partial charge >= 0.3 is 5.97 Å². The quantitative estimate of drug-likeness (QED) is 0.780. The molecule has 1 aromatic rings. The van der Waals surface area contributed by atoms with Gasteiger partial charge in [-0.05, 0) is 31.5 Å². The lowest BCUT2D eigenvalue weighted by Gasteiger charge is -2.12. The fourth-order valence-corrected chi connectivity index (χ4v) is 1.43. The number of ether oxygens (including phenoxy) is 2. The van der Waals surface area contributed by atoms with E-state index in [2.05, 4.69) is 5.32 Å². The van der Waals surface area contributed by atoms with Gasteiger partial charge in [-0.15, -0.1) is 0 Å². The molecule has 0 radical (unpaired) electrons. The smallest absolute Gasteiger partial charge is 0.329 e. The number of carbonyl (C=O) groups is 2. The van der Waals surface area contributed by atoms with Crippen molar-refractivity contribution in [2.75, 3.05) is 25.1 Å². The van der Waals surface area contributed by atoms with Crippen molar-refractivity contribution < 1.29 is 24.2 Å². The number of amides is 1. The van der Waals surface area contributed by atoms with Crippen LogP contribution in [0, 0.1) is 6.92 Å². The Morgan fingerprint density at radius 3 is 2.68 bits per heavy atom. The van der Waals surface area contributed by atoms with Gasteiger partial charge in [-0.25, -0.2) is 4.79 Å². The number of anilines is 1. The number of aliphatic carboxylic acids is 1. The molecule has 104 valence electrons. The predicted octanol–water partition coefficient (Wildman–Crippen LogP) is 1.43. The average Bonchev–Trinajstić information content (AvgIpc) is 2.32. The number of rotatable bonds is 7. The Hall–Kier alpha value is -2.08. The summed E-state index contributed by atoms with van der Waals surface area (Å²) in [6.07, 6.45) is 0. The summed E-state index contributed by atoms with van der Waals surface area (Å²) < 4.78 is 10.1. The highest BCUT2D eigenvalue weighted by Gasteiger charge is 2.09. The fourth-order valence-electron chi connectivity index (χ4n) is 1.43. The van der Waals surface area contributed by atoms with Crippen molar-refractivity contribution >= 4 is 17.6 Å². The minimum atomic E-state index is -1.11. The van der Waals surface area contributed by atoms with Crippen molar-refractivity contribution in [2.24, 2.45) is 0 Å². The van der Waals surface area contributed by atoms with E-state index >= 15 is 0 Å². The van der Waals surface area contributed by atoms with Crippen molar-refractivity contribution in [1.82, 2.24) is 0 Å². The molecule has 1 rings (SSSR count). The Balaban J connectivity index is 2.60. The molecule has 0 unspecified atom stereocenters. The fraction of sp³-hybridized carbons (Fsp3) is 0.385. The van der Waals surface area contributed by atoms with Crippen LogP contribution in [0.1, 0.15) is 12.5 Å². The number of carboxylic acids is 1. The van der Waals surface area contributed by atoms with Gasteiger partial charge in [-0.2, -0.15) is 0 Å². The Morgan fingerprint density at radius 1 is 1.32 bits per heavy atom. The molecule has 0 saturated heterocycles. The molecule has 0 aliphatic carbocycles. The lowest BCUT2D eigenvalue weighted by Crippen LogP contribution is -2.21. The molecule has 0 spiro atoms. The molecular weight excluding hydrogens is 250 g/mol. The third-order valence-electron chi connectivity index (χ3n) is 2.17. The third kappa shape index (κ3) is 5.39. The van der Waals surface area contributed by atoms with Crippen molar-refractivity contribution in [3.05, 3.63) is 23.8 Å². The molecule has 0 atom stereocenters. The standard InChI is InChI=1S/C13H17NO5/c1-3-19-11-6-9(2)4-5-10(11)14-12(15)7-18-8-13(16)17/h4-6H,3,7-8H2,1-2H3,(H,14,15)(H,16,17). The molecule has 0 aliphatic heterocycles. The van der Waals surface area contributed by atoms with Crippen LogP contribution in [0.25, 0.3) is 0 Å². The van der Waals surface area contributed by atoms with Crippen molar-refractivity contribution in [3.8, 4) is 5.75 Å². The Morgan fingerprint density at radius 2 is 2.05 bits per heavy atom. The predicted molar refractivity (Wildman–Crippen MR) is 69.4 cm³/mol. The number of benzene rings is 1. The average molecular weight is 267 g/mol. The number of hydrogen-bond donors (Lipinski definition) is 2. The van der Waals surface area contributed by atoms with Gasteiger partial charge in [0, 0.05) is 0 Å². The number of carboxylic acid groups (broad SMARTS) is 1. The summed E-state index contributed by atoms with van der Waals surface area (Å²) in [6, 6.07) is 5.39. The molecule has 0 fully saturated rings. The summed E-state index contributed by atoms with van der Waals surface area (Å²) >= 11 is 0. The van der Waals surface area contributed by atoms with E-state index in [1.165, 1.54) is 0 Å².